The van der Waals surface area contributed by atoms with E-state index >= 15 is 0 Å². The highest BCUT2D eigenvalue weighted by Crippen LogP contribution is 2.15. The number of aliphatic imine (C=N–C) groups is 1. The topological polar surface area (TPSA) is 55.5 Å². The van der Waals surface area contributed by atoms with Crippen LogP contribution >= 0.6 is 11.8 Å². The van der Waals surface area contributed by atoms with E-state index in [-0.39, 0.29) is 5.69 Å². The minimum absolute atomic E-state index is 0.102. The summed E-state index contributed by atoms with van der Waals surface area (Å²) in [6.07, 6.45) is 1.92. The smallest absolute Gasteiger partial charge is 0.269 e. The summed E-state index contributed by atoms with van der Waals surface area (Å²) in [4.78, 5) is 14.0. The third kappa shape index (κ3) is 2.32. The lowest BCUT2D eigenvalue weighted by atomic mass is 10.2. The number of thioether (sulfide) groups is 1. The summed E-state index contributed by atoms with van der Waals surface area (Å²) in [5.74, 6) is 0. The number of nitro benzene ring substituents is 1. The van der Waals surface area contributed by atoms with Gasteiger partial charge in [-0.1, -0.05) is 0 Å². The van der Waals surface area contributed by atoms with Crippen LogP contribution in [0.25, 0.3) is 0 Å². The molecule has 1 rings (SSSR count). The zero-order valence-electron chi connectivity index (χ0n) is 7.93. The molecule has 0 aliphatic carbocycles. The van der Waals surface area contributed by atoms with Crippen molar-refractivity contribution in [1.29, 1.82) is 0 Å². The van der Waals surface area contributed by atoms with E-state index in [0.717, 1.165) is 10.6 Å². The molecule has 0 aromatic heterocycles. The maximum absolute atomic E-state index is 10.4. The van der Waals surface area contributed by atoms with Crippen molar-refractivity contribution in [2.24, 2.45) is 4.99 Å². The summed E-state index contributed by atoms with van der Waals surface area (Å²) in [6, 6.07) is 6.38. The molecule has 1 aromatic carbocycles. The van der Waals surface area contributed by atoms with Crippen LogP contribution in [0.2, 0.25) is 0 Å². The number of nitrogens with zero attached hydrogens (tertiary/aromatic N) is 2. The minimum atomic E-state index is -0.411. The predicted octanol–water partition coefficient (Wildman–Crippen LogP) is 2.33. The van der Waals surface area contributed by atoms with Gasteiger partial charge in [-0.3, -0.25) is 15.1 Å². The number of hydrogen-bond acceptors (Lipinski definition) is 4. The quantitative estimate of drug-likeness (QED) is 0.326. The largest absolute Gasteiger partial charge is 0.281 e. The fourth-order valence-electron chi connectivity index (χ4n) is 1.06. The SMILES string of the molecule is CN=C(SC)c1ccc([N+](=O)[O-])cc1. The van der Waals surface area contributed by atoms with Crippen molar-refractivity contribution in [3.8, 4) is 0 Å². The molecule has 0 heterocycles. The van der Waals surface area contributed by atoms with Crippen molar-refractivity contribution in [1.82, 2.24) is 0 Å². The molecule has 0 saturated carbocycles. The molecular weight excluding hydrogens is 200 g/mol. The lowest BCUT2D eigenvalue weighted by molar-refractivity contribution is -0.384. The summed E-state index contributed by atoms with van der Waals surface area (Å²) < 4.78 is 0. The average Bonchev–Trinajstić information content (AvgIpc) is 2.20. The summed E-state index contributed by atoms with van der Waals surface area (Å²) in [5.41, 5.74) is 1.01. The minimum Gasteiger partial charge on any atom is -0.281 e. The van der Waals surface area contributed by atoms with Gasteiger partial charge in [-0.25, -0.2) is 0 Å². The molecule has 0 atom stereocenters. The van der Waals surface area contributed by atoms with Crippen molar-refractivity contribution in [2.45, 2.75) is 0 Å². The van der Waals surface area contributed by atoms with Crippen LogP contribution in [0.15, 0.2) is 29.3 Å². The molecule has 14 heavy (non-hydrogen) atoms. The van der Waals surface area contributed by atoms with Crippen LogP contribution in [-0.4, -0.2) is 23.3 Å². The molecule has 4 nitrogen and oxygen atoms in total. The average molecular weight is 210 g/mol. The fraction of sp³-hybridized carbons (Fsp3) is 0.222. The van der Waals surface area contributed by atoms with Crippen molar-refractivity contribution in [2.75, 3.05) is 13.3 Å². The van der Waals surface area contributed by atoms with Crippen LogP contribution in [0.3, 0.4) is 0 Å². The third-order valence-corrected chi connectivity index (χ3v) is 2.53. The van der Waals surface area contributed by atoms with E-state index in [1.54, 1.807) is 19.2 Å². The second-order valence-corrected chi connectivity index (χ2v) is 3.33. The van der Waals surface area contributed by atoms with Gasteiger partial charge in [-0.15, -0.1) is 11.8 Å². The summed E-state index contributed by atoms with van der Waals surface area (Å²) >= 11 is 1.52. The lowest BCUT2D eigenvalue weighted by Gasteiger charge is -2.00. The summed E-state index contributed by atoms with van der Waals surface area (Å²) in [7, 11) is 1.70. The first kappa shape index (κ1) is 10.7. The molecule has 74 valence electrons. The lowest BCUT2D eigenvalue weighted by Crippen LogP contribution is -1.95. The molecule has 0 bridgehead atoms. The molecule has 1 aromatic rings. The summed E-state index contributed by atoms with van der Waals surface area (Å²) in [5, 5.41) is 11.3. The van der Waals surface area contributed by atoms with Gasteiger partial charge in [0.2, 0.25) is 0 Å². The van der Waals surface area contributed by atoms with E-state index < -0.39 is 4.92 Å². The number of nitro groups is 1. The molecule has 0 saturated heterocycles. The number of benzene rings is 1. The molecule has 0 spiro atoms. The normalized spacial score (nSPS) is 11.4. The van der Waals surface area contributed by atoms with Gasteiger partial charge in [-0.2, -0.15) is 0 Å². The Morgan fingerprint density at radius 2 is 2.00 bits per heavy atom. The van der Waals surface area contributed by atoms with E-state index in [4.69, 9.17) is 0 Å². The van der Waals surface area contributed by atoms with Crippen molar-refractivity contribution in [3.63, 3.8) is 0 Å². The van der Waals surface area contributed by atoms with Gasteiger partial charge >= 0.3 is 0 Å². The maximum atomic E-state index is 10.4. The van der Waals surface area contributed by atoms with Crippen LogP contribution < -0.4 is 0 Å². The van der Waals surface area contributed by atoms with Crippen LogP contribution in [0, 0.1) is 10.1 Å². The van der Waals surface area contributed by atoms with Crippen molar-refractivity contribution >= 4 is 22.5 Å². The highest BCUT2D eigenvalue weighted by atomic mass is 32.2. The van der Waals surface area contributed by atoms with Crippen LogP contribution in [-0.2, 0) is 0 Å². The first-order valence-electron chi connectivity index (χ1n) is 3.94. The van der Waals surface area contributed by atoms with E-state index in [1.807, 2.05) is 6.26 Å². The van der Waals surface area contributed by atoms with Crippen molar-refractivity contribution < 1.29 is 4.92 Å². The van der Waals surface area contributed by atoms with Crippen LogP contribution in [0.5, 0.6) is 0 Å². The van der Waals surface area contributed by atoms with Gasteiger partial charge in [0.15, 0.2) is 0 Å². The highest BCUT2D eigenvalue weighted by molar-refractivity contribution is 8.13. The first-order chi connectivity index (χ1) is 6.69. The Hall–Kier alpha value is -1.36. The molecule has 0 radical (unpaired) electrons. The highest BCUT2D eigenvalue weighted by Gasteiger charge is 2.06. The Morgan fingerprint density at radius 1 is 1.43 bits per heavy atom. The molecular formula is C9H10N2O2S. The van der Waals surface area contributed by atoms with Crippen LogP contribution in [0.1, 0.15) is 5.56 Å². The molecule has 0 aliphatic heterocycles. The molecule has 0 unspecified atom stereocenters. The Bertz CT molecular complexity index is 360. The Kier molecular flexibility index (Phi) is 3.64. The number of non-ortho nitro benzene ring substituents is 1. The van der Waals surface area contributed by atoms with E-state index in [2.05, 4.69) is 4.99 Å². The molecule has 0 amide bonds. The number of rotatable bonds is 2. The van der Waals surface area contributed by atoms with E-state index in [1.165, 1.54) is 23.9 Å². The van der Waals surface area contributed by atoms with Crippen molar-refractivity contribution in [3.05, 3.63) is 39.9 Å². The van der Waals surface area contributed by atoms with Crippen LogP contribution in [0.4, 0.5) is 5.69 Å². The second-order valence-electron chi connectivity index (χ2n) is 2.54. The number of hydrogen-bond donors (Lipinski definition) is 0. The van der Waals surface area contributed by atoms with Gasteiger partial charge in [0.25, 0.3) is 5.69 Å². The van der Waals surface area contributed by atoms with Gasteiger partial charge < -0.3 is 0 Å². The third-order valence-electron chi connectivity index (χ3n) is 1.72. The molecule has 0 aliphatic rings. The van der Waals surface area contributed by atoms with Gasteiger partial charge in [-0.05, 0) is 18.4 Å². The Labute approximate surface area is 86.2 Å². The predicted molar refractivity (Wildman–Crippen MR) is 59.1 cm³/mol. The Morgan fingerprint density at radius 3 is 2.36 bits per heavy atom. The van der Waals surface area contributed by atoms with Gasteiger partial charge in [0.05, 0.1) is 9.97 Å². The standard InChI is InChI=1S/C9H10N2O2S/c1-10-9(14-2)7-3-5-8(6-4-7)11(12)13/h3-6H,1-2H3. The first-order valence-corrected chi connectivity index (χ1v) is 5.17. The van der Waals surface area contributed by atoms with E-state index in [0.29, 0.717) is 0 Å². The molecule has 0 N–H and O–H groups in total. The van der Waals surface area contributed by atoms with E-state index in [9.17, 15) is 10.1 Å². The zero-order valence-corrected chi connectivity index (χ0v) is 8.75. The monoisotopic (exact) mass is 210 g/mol. The second kappa shape index (κ2) is 4.76. The van der Waals surface area contributed by atoms with Gasteiger partial charge in [0.1, 0.15) is 0 Å². The molecule has 5 heteroatoms. The Balaban J connectivity index is 2.99. The fourth-order valence-corrected chi connectivity index (χ4v) is 1.62. The molecule has 0 fully saturated rings. The zero-order chi connectivity index (χ0) is 10.6. The summed E-state index contributed by atoms with van der Waals surface area (Å²) in [6.45, 7) is 0. The maximum Gasteiger partial charge on any atom is 0.269 e. The van der Waals surface area contributed by atoms with Gasteiger partial charge in [0, 0.05) is 24.7 Å².